The third kappa shape index (κ3) is 10.7. The van der Waals surface area contributed by atoms with E-state index in [4.69, 9.17) is 11.5 Å². The number of nitrogen functional groups attached to an aromatic ring is 2. The molecule has 20 heavy (non-hydrogen) atoms. The Balaban J connectivity index is 0. The van der Waals surface area contributed by atoms with Gasteiger partial charge >= 0.3 is 0 Å². The van der Waals surface area contributed by atoms with Gasteiger partial charge in [0.25, 0.3) is 0 Å². The first-order valence-corrected chi connectivity index (χ1v) is 6.22. The van der Waals surface area contributed by atoms with Crippen LogP contribution in [0.15, 0.2) is 74.8 Å². The number of nitrogens with two attached hydrogens (primary N) is 2. The summed E-state index contributed by atoms with van der Waals surface area (Å²) in [5.41, 5.74) is 15.0. The molecule has 0 atom stereocenters. The van der Waals surface area contributed by atoms with Crippen molar-refractivity contribution in [2.24, 2.45) is 0 Å². The molecule has 0 bridgehead atoms. The summed E-state index contributed by atoms with van der Waals surface area (Å²) < 4.78 is 0. The SMILES string of the molecule is C=C.C=C.Cc1ccc(N)cc1.Cc1ccc(N)cc1. The molecule has 2 nitrogen and oxygen atoms in total. The van der Waals surface area contributed by atoms with Crippen LogP contribution in [0.5, 0.6) is 0 Å². The van der Waals surface area contributed by atoms with E-state index in [1.807, 2.05) is 62.4 Å². The maximum absolute atomic E-state index is 5.43. The Morgan fingerprint density at radius 3 is 0.900 bits per heavy atom. The highest BCUT2D eigenvalue weighted by atomic mass is 14.5. The fourth-order valence-corrected chi connectivity index (χ4v) is 1.13. The zero-order valence-corrected chi connectivity index (χ0v) is 12.6. The molecule has 0 heterocycles. The van der Waals surface area contributed by atoms with Gasteiger partial charge in [-0.15, -0.1) is 26.3 Å². The summed E-state index contributed by atoms with van der Waals surface area (Å²) in [6, 6.07) is 15.6. The number of benzene rings is 2. The van der Waals surface area contributed by atoms with Gasteiger partial charge in [0.05, 0.1) is 0 Å². The zero-order valence-electron chi connectivity index (χ0n) is 12.6. The molecule has 0 unspecified atom stereocenters. The van der Waals surface area contributed by atoms with Crippen LogP contribution in [0.25, 0.3) is 0 Å². The quantitative estimate of drug-likeness (QED) is 0.535. The Hall–Kier alpha value is -2.48. The van der Waals surface area contributed by atoms with Gasteiger partial charge in [-0.1, -0.05) is 35.4 Å². The molecule has 2 aromatic rings. The first-order valence-electron chi connectivity index (χ1n) is 6.22. The molecule has 2 rings (SSSR count). The van der Waals surface area contributed by atoms with Gasteiger partial charge in [-0.3, -0.25) is 0 Å². The lowest BCUT2D eigenvalue weighted by molar-refractivity contribution is 1.47. The van der Waals surface area contributed by atoms with E-state index in [0.717, 1.165) is 11.4 Å². The van der Waals surface area contributed by atoms with Crippen LogP contribution >= 0.6 is 0 Å². The molecule has 0 aliphatic heterocycles. The van der Waals surface area contributed by atoms with Gasteiger partial charge < -0.3 is 11.5 Å². The van der Waals surface area contributed by atoms with E-state index in [0.29, 0.717) is 0 Å². The van der Waals surface area contributed by atoms with Crippen molar-refractivity contribution in [3.63, 3.8) is 0 Å². The third-order valence-corrected chi connectivity index (χ3v) is 2.15. The Morgan fingerprint density at radius 1 is 0.550 bits per heavy atom. The van der Waals surface area contributed by atoms with E-state index >= 15 is 0 Å². The first-order chi connectivity index (χ1) is 9.58. The summed E-state index contributed by atoms with van der Waals surface area (Å²) in [6.07, 6.45) is 0. The molecule has 0 amide bonds. The van der Waals surface area contributed by atoms with E-state index in [-0.39, 0.29) is 0 Å². The second-order valence-electron chi connectivity index (χ2n) is 3.82. The minimum Gasteiger partial charge on any atom is -0.399 e. The minimum atomic E-state index is 0.829. The number of aryl methyl sites for hydroxylation is 2. The fraction of sp³-hybridized carbons (Fsp3) is 0.111. The molecular formula is C18H26N2. The average molecular weight is 270 g/mol. The average Bonchev–Trinajstić information content (AvgIpc) is 2.50. The van der Waals surface area contributed by atoms with Gasteiger partial charge in [-0.05, 0) is 38.1 Å². The van der Waals surface area contributed by atoms with Crippen molar-refractivity contribution in [1.29, 1.82) is 0 Å². The van der Waals surface area contributed by atoms with Crippen molar-refractivity contribution >= 4 is 11.4 Å². The van der Waals surface area contributed by atoms with Crippen LogP contribution in [-0.4, -0.2) is 0 Å². The number of rotatable bonds is 0. The molecule has 2 aromatic carbocycles. The molecule has 0 saturated carbocycles. The van der Waals surface area contributed by atoms with E-state index in [1.54, 1.807) is 0 Å². The summed E-state index contributed by atoms with van der Waals surface area (Å²) in [5.74, 6) is 0. The summed E-state index contributed by atoms with van der Waals surface area (Å²) in [7, 11) is 0. The lowest BCUT2D eigenvalue weighted by Crippen LogP contribution is -1.81. The number of hydrogen-bond donors (Lipinski definition) is 2. The Labute approximate surface area is 123 Å². The largest absolute Gasteiger partial charge is 0.399 e. The molecule has 4 N–H and O–H groups in total. The molecule has 0 aromatic heterocycles. The minimum absolute atomic E-state index is 0.829. The molecule has 0 aliphatic carbocycles. The predicted octanol–water partition coefficient (Wildman–Crippen LogP) is 4.76. The van der Waals surface area contributed by atoms with Gasteiger partial charge in [0, 0.05) is 11.4 Å². The summed E-state index contributed by atoms with van der Waals surface area (Å²) in [4.78, 5) is 0. The zero-order chi connectivity index (χ0) is 16.0. The van der Waals surface area contributed by atoms with Crippen molar-refractivity contribution in [1.82, 2.24) is 0 Å². The van der Waals surface area contributed by atoms with Gasteiger partial charge in [0.1, 0.15) is 0 Å². The number of anilines is 2. The second kappa shape index (κ2) is 13.0. The molecule has 0 fully saturated rings. The lowest BCUT2D eigenvalue weighted by Gasteiger charge is -1.90. The summed E-state index contributed by atoms with van der Waals surface area (Å²) in [5, 5.41) is 0. The molecule has 0 saturated heterocycles. The maximum Gasteiger partial charge on any atom is 0.0314 e. The first kappa shape index (κ1) is 19.9. The Morgan fingerprint density at radius 2 is 0.750 bits per heavy atom. The number of hydrogen-bond acceptors (Lipinski definition) is 2. The third-order valence-electron chi connectivity index (χ3n) is 2.15. The standard InChI is InChI=1S/2C7H9N.2C2H4/c2*1-6-2-4-7(8)5-3-6;2*1-2/h2*2-5H,8H2,1H3;2*1-2H2. The van der Waals surface area contributed by atoms with Crippen LogP contribution in [0.1, 0.15) is 11.1 Å². The van der Waals surface area contributed by atoms with Crippen molar-refractivity contribution in [2.75, 3.05) is 11.5 Å². The molecule has 0 radical (unpaired) electrons. The molecular weight excluding hydrogens is 244 g/mol. The lowest BCUT2D eigenvalue weighted by atomic mass is 10.2. The van der Waals surface area contributed by atoms with Crippen LogP contribution < -0.4 is 11.5 Å². The highest BCUT2D eigenvalue weighted by Gasteiger charge is 1.80. The Bertz CT molecular complexity index is 356. The van der Waals surface area contributed by atoms with E-state index in [2.05, 4.69) is 26.3 Å². The van der Waals surface area contributed by atoms with E-state index in [9.17, 15) is 0 Å². The van der Waals surface area contributed by atoms with Crippen molar-refractivity contribution in [3.05, 3.63) is 86.0 Å². The topological polar surface area (TPSA) is 52.0 Å². The van der Waals surface area contributed by atoms with Crippen molar-refractivity contribution in [3.8, 4) is 0 Å². The van der Waals surface area contributed by atoms with Crippen LogP contribution in [0, 0.1) is 13.8 Å². The van der Waals surface area contributed by atoms with Crippen molar-refractivity contribution < 1.29 is 0 Å². The summed E-state index contributed by atoms with van der Waals surface area (Å²) in [6.45, 7) is 16.1. The highest BCUT2D eigenvalue weighted by Crippen LogP contribution is 2.02. The normalized spacial score (nSPS) is 7.70. The van der Waals surface area contributed by atoms with E-state index in [1.165, 1.54) is 11.1 Å². The van der Waals surface area contributed by atoms with Gasteiger partial charge in [-0.25, -0.2) is 0 Å². The van der Waals surface area contributed by atoms with Gasteiger partial charge in [0.15, 0.2) is 0 Å². The monoisotopic (exact) mass is 270 g/mol. The van der Waals surface area contributed by atoms with Crippen LogP contribution in [0.2, 0.25) is 0 Å². The molecule has 2 heteroatoms. The van der Waals surface area contributed by atoms with Crippen LogP contribution in [0.3, 0.4) is 0 Å². The molecule has 0 aliphatic rings. The van der Waals surface area contributed by atoms with Gasteiger partial charge in [0.2, 0.25) is 0 Å². The van der Waals surface area contributed by atoms with Crippen LogP contribution in [0.4, 0.5) is 11.4 Å². The summed E-state index contributed by atoms with van der Waals surface area (Å²) >= 11 is 0. The van der Waals surface area contributed by atoms with Crippen molar-refractivity contribution in [2.45, 2.75) is 13.8 Å². The maximum atomic E-state index is 5.43. The van der Waals surface area contributed by atoms with Gasteiger partial charge in [-0.2, -0.15) is 0 Å². The molecule has 0 spiro atoms. The highest BCUT2D eigenvalue weighted by molar-refractivity contribution is 5.39. The predicted molar refractivity (Wildman–Crippen MR) is 93.7 cm³/mol. The van der Waals surface area contributed by atoms with Crippen LogP contribution in [-0.2, 0) is 0 Å². The smallest absolute Gasteiger partial charge is 0.0314 e. The second-order valence-corrected chi connectivity index (χ2v) is 3.82. The van der Waals surface area contributed by atoms with E-state index < -0.39 is 0 Å². The molecule has 108 valence electrons. The Kier molecular flexibility index (Phi) is 12.9. The fourth-order valence-electron chi connectivity index (χ4n) is 1.13.